The molecule has 0 saturated carbocycles. The molecule has 1 aromatic rings. The first-order chi connectivity index (χ1) is 13.8. The van der Waals surface area contributed by atoms with Gasteiger partial charge >= 0.3 is 12.4 Å². The maximum Gasteiger partial charge on any atom is 0.391 e. The second-order valence-electron chi connectivity index (χ2n) is 6.75. The molecule has 11 heteroatoms. The molecule has 0 bridgehead atoms. The van der Waals surface area contributed by atoms with Gasteiger partial charge in [-0.3, -0.25) is 4.79 Å². The van der Waals surface area contributed by atoms with Gasteiger partial charge in [0.15, 0.2) is 12.5 Å². The Morgan fingerprint density at radius 2 is 1.67 bits per heavy atom. The minimum absolute atomic E-state index is 0.0257. The monoisotopic (exact) mass is 435 g/mol. The lowest BCUT2D eigenvalue weighted by Crippen LogP contribution is -2.52. The van der Waals surface area contributed by atoms with E-state index in [1.54, 1.807) is 6.92 Å². The van der Waals surface area contributed by atoms with Crippen LogP contribution in [0.5, 0.6) is 0 Å². The number of carbonyl (C=O) groups excluding carboxylic acids is 1. The first kappa shape index (κ1) is 23.3. The third-order valence-corrected chi connectivity index (χ3v) is 4.07. The highest BCUT2D eigenvalue weighted by Crippen LogP contribution is 2.42. The minimum atomic E-state index is -4.98. The largest absolute Gasteiger partial charge is 0.469 e. The van der Waals surface area contributed by atoms with E-state index in [0.717, 1.165) is 12.1 Å². The number of nitrogens with one attached hydrogen (secondary N) is 2. The summed E-state index contributed by atoms with van der Waals surface area (Å²) in [6.07, 6.45) is -11.1. The van der Waals surface area contributed by atoms with E-state index in [0.29, 0.717) is 5.56 Å². The number of carbonyl (C=O) groups is 1. The summed E-state index contributed by atoms with van der Waals surface area (Å²) in [5.74, 6) is -0.936. The molecule has 1 heterocycles. The molecule has 0 saturated heterocycles. The molecule has 0 aliphatic carbocycles. The number of allylic oxidation sites excluding steroid dienone is 1. The Bertz CT molecular complexity index is 825. The molecule has 2 rings (SSSR count). The smallest absolute Gasteiger partial charge is 0.391 e. The molecular weight excluding hydrogens is 416 g/mol. The number of hydrogen-bond acceptors (Lipinski definition) is 4. The van der Waals surface area contributed by atoms with Gasteiger partial charge in [0.05, 0.1) is 18.4 Å². The van der Waals surface area contributed by atoms with Crippen LogP contribution in [0.15, 0.2) is 53.6 Å². The van der Waals surface area contributed by atoms with Crippen molar-refractivity contribution in [2.75, 3.05) is 6.61 Å². The van der Waals surface area contributed by atoms with Crippen LogP contribution in [0.25, 0.3) is 0 Å². The molecule has 1 aliphatic rings. The molecule has 5 nitrogen and oxygen atoms in total. The molecule has 1 amide bonds. The fourth-order valence-corrected chi connectivity index (χ4v) is 2.93. The first-order valence-corrected chi connectivity index (χ1v) is 8.63. The zero-order valence-corrected chi connectivity index (χ0v) is 15.8. The van der Waals surface area contributed by atoms with Gasteiger partial charge in [0.25, 0.3) is 5.91 Å². The number of halogens is 6. The summed E-state index contributed by atoms with van der Waals surface area (Å²) in [6.45, 7) is 4.31. The van der Waals surface area contributed by atoms with Crippen LogP contribution in [0.1, 0.15) is 24.0 Å². The van der Waals surface area contributed by atoms with Crippen LogP contribution in [-0.4, -0.2) is 31.1 Å². The van der Waals surface area contributed by atoms with E-state index in [1.807, 2.05) is 5.32 Å². The summed E-state index contributed by atoms with van der Waals surface area (Å²) < 4.78 is 84.7. The second-order valence-corrected chi connectivity index (χ2v) is 6.75. The first-order valence-electron chi connectivity index (χ1n) is 8.63. The van der Waals surface area contributed by atoms with Crippen LogP contribution >= 0.6 is 0 Å². The molecule has 0 radical (unpaired) electrons. The van der Waals surface area contributed by atoms with E-state index < -0.39 is 43.2 Å². The van der Waals surface area contributed by atoms with E-state index in [4.69, 9.17) is 4.74 Å². The highest BCUT2D eigenvalue weighted by atomic mass is 19.4. The van der Waals surface area contributed by atoms with Crippen LogP contribution < -0.4 is 10.6 Å². The third-order valence-electron chi connectivity index (χ3n) is 4.07. The average Bonchev–Trinajstić information content (AvgIpc) is 2.57. The van der Waals surface area contributed by atoms with Crippen LogP contribution in [0.2, 0.25) is 0 Å². The molecule has 0 unspecified atom stereocenters. The molecule has 30 heavy (non-hydrogen) atoms. The average molecular weight is 435 g/mol. The second kappa shape index (κ2) is 8.80. The van der Waals surface area contributed by atoms with Crippen molar-refractivity contribution in [2.24, 2.45) is 4.99 Å². The zero-order valence-electron chi connectivity index (χ0n) is 15.8. The number of aliphatic imine (C=N–C) groups is 1. The minimum Gasteiger partial charge on any atom is -0.469 e. The SMILES string of the molecule is C=C1N=CC=C(OCC(=O)NC(CC(F)(F)F)(CC(F)(F)F)c2ccc(C)cc2)N1. The van der Waals surface area contributed by atoms with E-state index >= 15 is 0 Å². The fourth-order valence-electron chi connectivity index (χ4n) is 2.93. The number of amides is 1. The number of hydrogen-bond donors (Lipinski definition) is 2. The summed E-state index contributed by atoms with van der Waals surface area (Å²) in [4.78, 5) is 16.1. The molecule has 0 spiro atoms. The summed E-state index contributed by atoms with van der Waals surface area (Å²) in [6, 6.07) is 5.03. The predicted molar refractivity (Wildman–Crippen MR) is 97.1 cm³/mol. The van der Waals surface area contributed by atoms with Crippen molar-refractivity contribution in [3.63, 3.8) is 0 Å². The lowest BCUT2D eigenvalue weighted by Gasteiger charge is -2.37. The van der Waals surface area contributed by atoms with Gasteiger partial charge in [0, 0.05) is 12.3 Å². The predicted octanol–water partition coefficient (Wildman–Crippen LogP) is 4.21. The van der Waals surface area contributed by atoms with E-state index in [2.05, 4.69) is 16.9 Å². The lowest BCUT2D eigenvalue weighted by atomic mass is 9.82. The number of benzene rings is 1. The van der Waals surface area contributed by atoms with Crippen LogP contribution in [-0.2, 0) is 15.1 Å². The van der Waals surface area contributed by atoms with Gasteiger partial charge in [-0.05, 0) is 12.5 Å². The van der Waals surface area contributed by atoms with Gasteiger partial charge in [0.1, 0.15) is 5.82 Å². The quantitative estimate of drug-likeness (QED) is 0.631. The van der Waals surface area contributed by atoms with Crippen LogP contribution in [0.3, 0.4) is 0 Å². The molecule has 1 aliphatic heterocycles. The Hall–Kier alpha value is -2.98. The van der Waals surface area contributed by atoms with E-state index in [9.17, 15) is 31.1 Å². The van der Waals surface area contributed by atoms with Crippen molar-refractivity contribution >= 4 is 12.1 Å². The maximum atomic E-state index is 13.3. The van der Waals surface area contributed by atoms with Gasteiger partial charge in [-0.2, -0.15) is 26.3 Å². The van der Waals surface area contributed by atoms with Crippen molar-refractivity contribution in [1.29, 1.82) is 0 Å². The Morgan fingerprint density at radius 1 is 1.10 bits per heavy atom. The van der Waals surface area contributed by atoms with Crippen molar-refractivity contribution in [3.05, 3.63) is 59.8 Å². The highest BCUT2D eigenvalue weighted by molar-refractivity contribution is 5.79. The molecule has 0 atom stereocenters. The Morgan fingerprint density at radius 3 is 2.17 bits per heavy atom. The zero-order chi connectivity index (χ0) is 22.6. The summed E-state index contributed by atoms with van der Waals surface area (Å²) in [5, 5.41) is 4.47. The number of nitrogens with zero attached hydrogens (tertiary/aromatic N) is 1. The van der Waals surface area contributed by atoms with Crippen LogP contribution in [0.4, 0.5) is 26.3 Å². The van der Waals surface area contributed by atoms with E-state index in [1.165, 1.54) is 24.4 Å². The normalized spacial score (nSPS) is 14.8. The van der Waals surface area contributed by atoms with Gasteiger partial charge < -0.3 is 15.4 Å². The van der Waals surface area contributed by atoms with Crippen molar-refractivity contribution in [2.45, 2.75) is 37.7 Å². The van der Waals surface area contributed by atoms with Crippen molar-refractivity contribution < 1.29 is 35.9 Å². The maximum absolute atomic E-state index is 13.3. The Kier molecular flexibility index (Phi) is 6.84. The molecule has 0 fully saturated rings. The topological polar surface area (TPSA) is 62.7 Å². The summed E-state index contributed by atoms with van der Waals surface area (Å²) in [5.41, 5.74) is -2.42. The van der Waals surface area contributed by atoms with Crippen LogP contribution in [0, 0.1) is 6.92 Å². The van der Waals surface area contributed by atoms with E-state index in [-0.39, 0.29) is 17.3 Å². The Labute approximate surface area is 168 Å². The lowest BCUT2D eigenvalue weighted by molar-refractivity contribution is -0.185. The van der Waals surface area contributed by atoms with Gasteiger partial charge in [-0.25, -0.2) is 4.99 Å². The number of rotatable bonds is 7. The molecule has 0 aromatic heterocycles. The molecule has 2 N–H and O–H groups in total. The molecule has 1 aromatic carbocycles. The summed E-state index contributed by atoms with van der Waals surface area (Å²) >= 11 is 0. The molecular formula is C19H19F6N3O2. The van der Waals surface area contributed by atoms with Gasteiger partial charge in [-0.1, -0.05) is 36.4 Å². The number of alkyl halides is 6. The summed E-state index contributed by atoms with van der Waals surface area (Å²) in [7, 11) is 0. The number of aryl methyl sites for hydroxylation is 1. The molecule has 164 valence electrons. The highest BCUT2D eigenvalue weighted by Gasteiger charge is 2.51. The van der Waals surface area contributed by atoms with Gasteiger partial charge in [-0.15, -0.1) is 0 Å². The van der Waals surface area contributed by atoms with Gasteiger partial charge in [0.2, 0.25) is 0 Å². The van der Waals surface area contributed by atoms with Crippen molar-refractivity contribution in [1.82, 2.24) is 10.6 Å². The fraction of sp³-hybridized carbons (Fsp3) is 0.368. The Balaban J connectivity index is 2.31. The van der Waals surface area contributed by atoms with Crippen molar-refractivity contribution in [3.8, 4) is 0 Å². The number of ether oxygens (including phenoxy) is 1. The third kappa shape index (κ3) is 7.12. The standard InChI is InChI=1S/C19H19F6N3O2/c1-12-3-5-14(6-4-12)17(10-18(20,21)22,11-19(23,24)25)28-15(29)9-30-16-7-8-26-13(2)27-16/h3-8,27H,2,9-11H2,1H3,(H,28,29).